The summed E-state index contributed by atoms with van der Waals surface area (Å²) in [4.78, 5) is 16.3. The Bertz CT molecular complexity index is 4510. The standard InChI is InChI=1S/C64H41N5O/c1-64(2)52-24-12-8-20-44(52)45-31-30-42(36-53(45)64)62-65-61(39-17-4-3-5-18-39)66-63(67-62)69-55-26-14-10-22-47(55)50-33-32-49-46-21-9-13-25-54(46)68(58(49)59(50)69)56-37-43(41-29-28-38-16-6-7-19-40(38)34-41)35-51-48-23-11-15-27-57(48)70-60(51)56/h3-37H,1-2H3. The molecule has 4 aromatic heterocycles. The predicted molar refractivity (Wildman–Crippen MR) is 287 cm³/mol. The smallest absolute Gasteiger partial charge is 0.238 e. The van der Waals surface area contributed by atoms with Gasteiger partial charge in [-0.25, -0.2) is 4.98 Å². The van der Waals surface area contributed by atoms with E-state index in [0.29, 0.717) is 17.6 Å². The maximum atomic E-state index is 6.99. The summed E-state index contributed by atoms with van der Waals surface area (Å²) >= 11 is 0. The monoisotopic (exact) mass is 895 g/mol. The fourth-order valence-electron chi connectivity index (χ4n) is 11.6. The largest absolute Gasteiger partial charge is 0.454 e. The molecule has 0 spiro atoms. The SMILES string of the molecule is CC1(C)c2ccccc2-c2ccc(-c3nc(-c4ccccc4)nc(-n4c5ccccc5c5ccc6c7ccccc7n(-c7cc(-c8ccc9ccccc9c8)cc8c7oc7ccccc78)c6c54)n3)cc21. The Morgan fingerprint density at radius 2 is 1.00 bits per heavy atom. The molecular formula is C64H41N5O. The van der Waals surface area contributed by atoms with E-state index in [-0.39, 0.29) is 5.41 Å². The van der Waals surface area contributed by atoms with Gasteiger partial charge in [-0.05, 0) is 86.6 Å². The molecule has 10 aromatic carbocycles. The van der Waals surface area contributed by atoms with Gasteiger partial charge in [0.15, 0.2) is 17.2 Å². The molecule has 0 amide bonds. The summed E-state index contributed by atoms with van der Waals surface area (Å²) in [6.45, 7) is 4.63. The summed E-state index contributed by atoms with van der Waals surface area (Å²) in [5.74, 6) is 1.76. The van der Waals surface area contributed by atoms with Crippen LogP contribution >= 0.6 is 0 Å². The molecule has 6 nitrogen and oxygen atoms in total. The number of para-hydroxylation sites is 3. The number of fused-ring (bicyclic) bond motifs is 14. The zero-order valence-corrected chi connectivity index (χ0v) is 38.4. The lowest BCUT2D eigenvalue weighted by Gasteiger charge is -2.21. The van der Waals surface area contributed by atoms with Gasteiger partial charge in [0.1, 0.15) is 5.58 Å². The lowest BCUT2D eigenvalue weighted by atomic mass is 9.82. The summed E-state index contributed by atoms with van der Waals surface area (Å²) in [6, 6.07) is 76.0. The first kappa shape index (κ1) is 38.9. The van der Waals surface area contributed by atoms with Gasteiger partial charge in [0.05, 0.1) is 27.8 Å². The molecule has 1 aliphatic carbocycles. The second-order valence-electron chi connectivity index (χ2n) is 19.2. The minimum absolute atomic E-state index is 0.192. The maximum absolute atomic E-state index is 6.99. The van der Waals surface area contributed by atoms with E-state index in [4.69, 9.17) is 19.4 Å². The summed E-state index contributed by atoms with van der Waals surface area (Å²) < 4.78 is 11.7. The minimum Gasteiger partial charge on any atom is -0.454 e. The molecule has 0 saturated heterocycles. The van der Waals surface area contributed by atoms with Crippen LogP contribution in [-0.4, -0.2) is 24.1 Å². The fourth-order valence-corrected chi connectivity index (χ4v) is 11.6. The van der Waals surface area contributed by atoms with Crippen molar-refractivity contribution in [2.45, 2.75) is 19.3 Å². The van der Waals surface area contributed by atoms with Crippen molar-refractivity contribution < 1.29 is 4.42 Å². The lowest BCUT2D eigenvalue weighted by Crippen LogP contribution is -2.15. The van der Waals surface area contributed by atoms with Gasteiger partial charge in [-0.15, -0.1) is 0 Å². The molecule has 1 aliphatic rings. The Labute approximate surface area is 402 Å². The summed E-state index contributed by atoms with van der Waals surface area (Å²) in [6.07, 6.45) is 0. The molecule has 0 fully saturated rings. The number of aromatic nitrogens is 5. The Morgan fingerprint density at radius 3 is 1.80 bits per heavy atom. The van der Waals surface area contributed by atoms with Crippen LogP contribution < -0.4 is 0 Å². The van der Waals surface area contributed by atoms with Crippen molar-refractivity contribution in [3.63, 3.8) is 0 Å². The van der Waals surface area contributed by atoms with E-state index in [9.17, 15) is 0 Å². The highest BCUT2D eigenvalue weighted by Gasteiger charge is 2.35. The van der Waals surface area contributed by atoms with Gasteiger partial charge in [-0.2, -0.15) is 9.97 Å². The van der Waals surface area contributed by atoms with E-state index in [1.165, 1.54) is 33.0 Å². The van der Waals surface area contributed by atoms with Gasteiger partial charge in [-0.3, -0.25) is 4.57 Å². The number of benzene rings is 10. The molecule has 15 rings (SSSR count). The van der Waals surface area contributed by atoms with Crippen LogP contribution in [0.4, 0.5) is 0 Å². The molecule has 0 bridgehead atoms. The number of nitrogens with zero attached hydrogens (tertiary/aromatic N) is 5. The number of rotatable bonds is 5. The number of furan rings is 1. The number of hydrogen-bond donors (Lipinski definition) is 0. The first-order chi connectivity index (χ1) is 34.5. The van der Waals surface area contributed by atoms with E-state index in [0.717, 1.165) is 93.5 Å². The summed E-state index contributed by atoms with van der Waals surface area (Å²) in [5, 5.41) is 9.00. The Balaban J connectivity index is 1.06. The zero-order chi connectivity index (χ0) is 46.2. The van der Waals surface area contributed by atoms with Crippen LogP contribution in [0, 0.1) is 0 Å². The Hall–Kier alpha value is -9.13. The second kappa shape index (κ2) is 14.4. The van der Waals surface area contributed by atoms with Gasteiger partial charge in [0, 0.05) is 48.9 Å². The highest BCUT2D eigenvalue weighted by Crippen LogP contribution is 2.50. The Morgan fingerprint density at radius 1 is 0.386 bits per heavy atom. The van der Waals surface area contributed by atoms with Crippen LogP contribution in [-0.2, 0) is 5.41 Å². The third-order valence-corrected chi connectivity index (χ3v) is 14.9. The van der Waals surface area contributed by atoms with Crippen molar-refractivity contribution in [3.8, 4) is 56.7 Å². The van der Waals surface area contributed by atoms with E-state index >= 15 is 0 Å². The molecule has 4 heterocycles. The first-order valence-corrected chi connectivity index (χ1v) is 23.9. The average molecular weight is 896 g/mol. The molecule has 6 heteroatoms. The van der Waals surface area contributed by atoms with E-state index < -0.39 is 0 Å². The average Bonchev–Trinajstić information content (AvgIpc) is 4.13. The molecule has 70 heavy (non-hydrogen) atoms. The Kier molecular flexibility index (Phi) is 8.03. The van der Waals surface area contributed by atoms with Crippen molar-refractivity contribution in [3.05, 3.63) is 223 Å². The van der Waals surface area contributed by atoms with Gasteiger partial charge < -0.3 is 8.98 Å². The zero-order valence-electron chi connectivity index (χ0n) is 38.4. The molecule has 0 N–H and O–H groups in total. The minimum atomic E-state index is -0.192. The van der Waals surface area contributed by atoms with Crippen molar-refractivity contribution in [1.82, 2.24) is 24.1 Å². The third-order valence-electron chi connectivity index (χ3n) is 14.9. The maximum Gasteiger partial charge on any atom is 0.238 e. The van der Waals surface area contributed by atoms with Crippen LogP contribution in [0.15, 0.2) is 217 Å². The van der Waals surface area contributed by atoms with Crippen LogP contribution in [0.5, 0.6) is 0 Å². The van der Waals surface area contributed by atoms with Gasteiger partial charge in [0.25, 0.3) is 0 Å². The van der Waals surface area contributed by atoms with E-state index in [1.54, 1.807) is 0 Å². The molecule has 0 radical (unpaired) electrons. The predicted octanol–water partition coefficient (Wildman–Crippen LogP) is 16.4. The molecular weight excluding hydrogens is 855 g/mol. The number of hydrogen-bond acceptors (Lipinski definition) is 4. The topological polar surface area (TPSA) is 61.7 Å². The van der Waals surface area contributed by atoms with Gasteiger partial charge in [0.2, 0.25) is 5.95 Å². The molecule has 0 aliphatic heterocycles. The molecule has 0 unspecified atom stereocenters. The van der Waals surface area contributed by atoms with Gasteiger partial charge in [-0.1, -0.05) is 184 Å². The molecule has 0 saturated carbocycles. The van der Waals surface area contributed by atoms with E-state index in [1.807, 2.05) is 24.3 Å². The molecule has 0 atom stereocenters. The van der Waals surface area contributed by atoms with Crippen molar-refractivity contribution in [1.29, 1.82) is 0 Å². The van der Waals surface area contributed by atoms with Crippen LogP contribution in [0.2, 0.25) is 0 Å². The summed E-state index contributed by atoms with van der Waals surface area (Å²) in [7, 11) is 0. The fraction of sp³-hybridized carbons (Fsp3) is 0.0469. The molecule has 328 valence electrons. The van der Waals surface area contributed by atoms with Crippen molar-refractivity contribution in [2.75, 3.05) is 0 Å². The van der Waals surface area contributed by atoms with E-state index in [2.05, 4.69) is 211 Å². The van der Waals surface area contributed by atoms with Gasteiger partial charge >= 0.3 is 0 Å². The highest BCUT2D eigenvalue weighted by molar-refractivity contribution is 6.24. The second-order valence-corrected chi connectivity index (χ2v) is 19.2. The van der Waals surface area contributed by atoms with Crippen LogP contribution in [0.25, 0.3) is 133 Å². The highest BCUT2D eigenvalue weighted by atomic mass is 16.3. The molecule has 14 aromatic rings. The quantitative estimate of drug-likeness (QED) is 0.173. The van der Waals surface area contributed by atoms with Crippen molar-refractivity contribution in [2.24, 2.45) is 0 Å². The van der Waals surface area contributed by atoms with Crippen LogP contribution in [0.1, 0.15) is 25.0 Å². The summed E-state index contributed by atoms with van der Waals surface area (Å²) in [5.41, 5.74) is 15.8. The normalized spacial score (nSPS) is 13.1. The van der Waals surface area contributed by atoms with Crippen molar-refractivity contribution >= 4 is 76.3 Å². The van der Waals surface area contributed by atoms with Crippen LogP contribution in [0.3, 0.4) is 0 Å². The first-order valence-electron chi connectivity index (χ1n) is 23.9. The third kappa shape index (κ3) is 5.53. The lowest BCUT2D eigenvalue weighted by molar-refractivity contribution is 0.660.